The maximum atomic E-state index is 11.8. The number of esters is 1. The van der Waals surface area contributed by atoms with Crippen molar-refractivity contribution in [3.8, 4) is 11.8 Å². The van der Waals surface area contributed by atoms with Gasteiger partial charge in [-0.1, -0.05) is 13.8 Å². The van der Waals surface area contributed by atoms with E-state index in [1.165, 1.54) is 17.1 Å². The normalized spacial score (nSPS) is 11.3. The van der Waals surface area contributed by atoms with Crippen molar-refractivity contribution in [1.29, 1.82) is 0 Å². The van der Waals surface area contributed by atoms with Crippen molar-refractivity contribution in [2.75, 3.05) is 13.7 Å². The van der Waals surface area contributed by atoms with E-state index < -0.39 is 5.97 Å². The summed E-state index contributed by atoms with van der Waals surface area (Å²) in [6.07, 6.45) is 6.53. The third-order valence-electron chi connectivity index (χ3n) is 4.18. The molecule has 0 amide bonds. The molecule has 3 aromatic rings. The second kappa shape index (κ2) is 7.51. The Hall–Kier alpha value is -2.97. The van der Waals surface area contributed by atoms with E-state index in [-0.39, 0.29) is 6.04 Å². The Morgan fingerprint density at radius 2 is 1.92 bits per heavy atom. The summed E-state index contributed by atoms with van der Waals surface area (Å²) in [5.41, 5.74) is 1.75. The van der Waals surface area contributed by atoms with Crippen LogP contribution in [0.3, 0.4) is 0 Å². The van der Waals surface area contributed by atoms with Gasteiger partial charge in [-0.15, -0.1) is 0 Å². The summed E-state index contributed by atoms with van der Waals surface area (Å²) in [7, 11) is 1.56. The van der Waals surface area contributed by atoms with Crippen molar-refractivity contribution in [1.82, 2.24) is 29.5 Å². The Bertz CT molecular complexity index is 913. The van der Waals surface area contributed by atoms with Crippen LogP contribution in [0.1, 0.15) is 50.0 Å². The quantitative estimate of drug-likeness (QED) is 0.599. The average Bonchev–Trinajstić information content (AvgIpc) is 3.30. The maximum Gasteiger partial charge on any atom is 0.341 e. The van der Waals surface area contributed by atoms with Crippen LogP contribution >= 0.6 is 0 Å². The molecule has 0 aliphatic carbocycles. The van der Waals surface area contributed by atoms with Gasteiger partial charge in [0.2, 0.25) is 5.88 Å². The van der Waals surface area contributed by atoms with E-state index in [0.29, 0.717) is 29.5 Å². The Morgan fingerprint density at radius 1 is 1.15 bits per heavy atom. The molecule has 0 atom stereocenters. The second-order valence-corrected chi connectivity index (χ2v) is 5.72. The molecule has 0 saturated heterocycles. The highest BCUT2D eigenvalue weighted by Gasteiger charge is 2.20. The molecular weight excluding hydrogens is 336 g/mol. The Labute approximate surface area is 150 Å². The summed E-state index contributed by atoms with van der Waals surface area (Å²) in [6.45, 7) is 6.28. The van der Waals surface area contributed by atoms with E-state index >= 15 is 0 Å². The number of aromatic nitrogens is 6. The molecule has 0 spiro atoms. The lowest BCUT2D eigenvalue weighted by Gasteiger charge is -2.15. The van der Waals surface area contributed by atoms with E-state index in [2.05, 4.69) is 34.0 Å². The third kappa shape index (κ3) is 3.12. The van der Waals surface area contributed by atoms with Gasteiger partial charge in [0.05, 0.1) is 37.7 Å². The topological polar surface area (TPSA) is 97.0 Å². The van der Waals surface area contributed by atoms with Gasteiger partial charge < -0.3 is 9.47 Å². The number of methoxy groups -OCH3 is 1. The molecule has 26 heavy (non-hydrogen) atoms. The van der Waals surface area contributed by atoms with E-state index in [1.807, 2.05) is 4.68 Å². The number of fused-ring (bicyclic) bond motifs is 1. The molecule has 0 bridgehead atoms. The summed E-state index contributed by atoms with van der Waals surface area (Å²) < 4.78 is 13.8. The van der Waals surface area contributed by atoms with E-state index in [0.717, 1.165) is 18.4 Å². The molecule has 0 aliphatic heterocycles. The SMILES string of the molecule is CCOC(=O)c1cnn(-c2nc(OC)c3c(cnn3C(CC)CC)n2)c1. The van der Waals surface area contributed by atoms with Gasteiger partial charge in [-0.05, 0) is 19.8 Å². The van der Waals surface area contributed by atoms with Crippen LogP contribution in [0.2, 0.25) is 0 Å². The molecule has 3 rings (SSSR count). The lowest BCUT2D eigenvalue weighted by molar-refractivity contribution is 0.0526. The molecule has 0 fully saturated rings. The van der Waals surface area contributed by atoms with Crippen LogP contribution < -0.4 is 4.74 Å². The number of hydrogen-bond donors (Lipinski definition) is 0. The van der Waals surface area contributed by atoms with Gasteiger partial charge in [-0.3, -0.25) is 4.68 Å². The number of carbonyl (C=O) groups excluding carboxylic acids is 1. The van der Waals surface area contributed by atoms with Crippen LogP contribution in [-0.4, -0.2) is 49.2 Å². The zero-order chi connectivity index (χ0) is 18.7. The summed E-state index contributed by atoms with van der Waals surface area (Å²) in [4.78, 5) is 20.8. The zero-order valence-corrected chi connectivity index (χ0v) is 15.3. The third-order valence-corrected chi connectivity index (χ3v) is 4.18. The Kier molecular flexibility index (Phi) is 5.15. The van der Waals surface area contributed by atoms with Crippen LogP contribution in [0.25, 0.3) is 17.0 Å². The number of carbonyl (C=O) groups is 1. The fourth-order valence-electron chi connectivity index (χ4n) is 2.83. The van der Waals surface area contributed by atoms with Gasteiger partial charge >= 0.3 is 5.97 Å². The first-order chi connectivity index (χ1) is 12.6. The van der Waals surface area contributed by atoms with Gasteiger partial charge in [0.25, 0.3) is 5.95 Å². The van der Waals surface area contributed by atoms with Crippen molar-refractivity contribution >= 4 is 17.0 Å². The minimum absolute atomic E-state index is 0.246. The average molecular weight is 358 g/mol. The standard InChI is InChI=1S/C17H22N6O3/c1-5-12(6-2)23-14-13(9-19-23)20-17(21-15(14)25-4)22-10-11(8-18-22)16(24)26-7-3/h8-10,12H,5-7H2,1-4H3. The number of hydrogen-bond acceptors (Lipinski definition) is 7. The van der Waals surface area contributed by atoms with Gasteiger partial charge in [-0.2, -0.15) is 15.2 Å². The van der Waals surface area contributed by atoms with Crippen LogP contribution in [0.4, 0.5) is 0 Å². The van der Waals surface area contributed by atoms with Crippen LogP contribution in [0, 0.1) is 0 Å². The molecule has 0 N–H and O–H groups in total. The monoisotopic (exact) mass is 358 g/mol. The van der Waals surface area contributed by atoms with Crippen molar-refractivity contribution < 1.29 is 14.3 Å². The van der Waals surface area contributed by atoms with Gasteiger partial charge in [0.1, 0.15) is 11.0 Å². The second-order valence-electron chi connectivity index (χ2n) is 5.72. The molecule has 3 aromatic heterocycles. The molecule has 0 aliphatic rings. The van der Waals surface area contributed by atoms with Crippen molar-refractivity contribution in [2.24, 2.45) is 0 Å². The van der Waals surface area contributed by atoms with Crippen LogP contribution in [0.5, 0.6) is 5.88 Å². The fraction of sp³-hybridized carbons (Fsp3) is 0.471. The summed E-state index contributed by atoms with van der Waals surface area (Å²) in [5.74, 6) is 0.282. The Balaban J connectivity index is 2.05. The molecule has 0 unspecified atom stereocenters. The van der Waals surface area contributed by atoms with E-state index in [4.69, 9.17) is 9.47 Å². The molecule has 9 heteroatoms. The van der Waals surface area contributed by atoms with Gasteiger partial charge in [0, 0.05) is 6.20 Å². The minimum atomic E-state index is -0.437. The van der Waals surface area contributed by atoms with Crippen molar-refractivity contribution in [3.63, 3.8) is 0 Å². The molecule has 3 heterocycles. The first kappa shape index (κ1) is 17.8. The smallest absolute Gasteiger partial charge is 0.341 e. The lowest BCUT2D eigenvalue weighted by Crippen LogP contribution is -2.11. The fourth-order valence-corrected chi connectivity index (χ4v) is 2.83. The molecule has 0 radical (unpaired) electrons. The molecular formula is C17H22N6O3. The Morgan fingerprint density at radius 3 is 2.58 bits per heavy atom. The van der Waals surface area contributed by atoms with E-state index in [1.54, 1.807) is 20.2 Å². The minimum Gasteiger partial charge on any atom is -0.479 e. The van der Waals surface area contributed by atoms with Crippen LogP contribution in [0.15, 0.2) is 18.6 Å². The van der Waals surface area contributed by atoms with Crippen molar-refractivity contribution in [2.45, 2.75) is 39.7 Å². The van der Waals surface area contributed by atoms with E-state index in [9.17, 15) is 4.79 Å². The highest BCUT2D eigenvalue weighted by molar-refractivity contribution is 5.88. The lowest BCUT2D eigenvalue weighted by atomic mass is 10.2. The molecule has 0 saturated carbocycles. The first-order valence-electron chi connectivity index (χ1n) is 8.64. The molecule has 138 valence electrons. The number of nitrogens with zero attached hydrogens (tertiary/aromatic N) is 6. The summed E-state index contributed by atoms with van der Waals surface area (Å²) in [5, 5.41) is 8.62. The summed E-state index contributed by atoms with van der Waals surface area (Å²) >= 11 is 0. The molecule has 0 aromatic carbocycles. The predicted octanol–water partition coefficient (Wildman–Crippen LogP) is 2.56. The largest absolute Gasteiger partial charge is 0.479 e. The highest BCUT2D eigenvalue weighted by Crippen LogP contribution is 2.28. The first-order valence-corrected chi connectivity index (χ1v) is 8.64. The zero-order valence-electron chi connectivity index (χ0n) is 15.3. The van der Waals surface area contributed by atoms with Gasteiger partial charge in [0.15, 0.2) is 0 Å². The predicted molar refractivity (Wildman–Crippen MR) is 94.6 cm³/mol. The maximum absolute atomic E-state index is 11.8. The number of rotatable bonds is 7. The molecule has 9 nitrogen and oxygen atoms in total. The van der Waals surface area contributed by atoms with Crippen molar-refractivity contribution in [3.05, 3.63) is 24.2 Å². The summed E-state index contributed by atoms with van der Waals surface area (Å²) in [6, 6.07) is 0.246. The highest BCUT2D eigenvalue weighted by atomic mass is 16.5. The van der Waals surface area contributed by atoms with Gasteiger partial charge in [-0.25, -0.2) is 14.5 Å². The van der Waals surface area contributed by atoms with Crippen LogP contribution in [-0.2, 0) is 4.74 Å². The number of ether oxygens (including phenoxy) is 2.